The minimum absolute atomic E-state index is 0.0294. The van der Waals surface area contributed by atoms with E-state index >= 15 is 0 Å². The number of nitrogens with one attached hydrogen (secondary N) is 2. The van der Waals surface area contributed by atoms with Crippen molar-refractivity contribution in [2.24, 2.45) is 0 Å². The van der Waals surface area contributed by atoms with E-state index in [0.717, 1.165) is 50.1 Å². The lowest BCUT2D eigenvalue weighted by atomic mass is 9.80. The zero-order valence-electron chi connectivity index (χ0n) is 16.4. The molecule has 1 aromatic rings. The van der Waals surface area contributed by atoms with Crippen molar-refractivity contribution < 1.29 is 14.3 Å². The molecule has 6 nitrogen and oxygen atoms in total. The van der Waals surface area contributed by atoms with Crippen LogP contribution in [-0.4, -0.2) is 49.5 Å². The molecule has 0 aromatic heterocycles. The molecule has 27 heavy (non-hydrogen) atoms. The number of hydrogen-bond donors (Lipinski definition) is 2. The van der Waals surface area contributed by atoms with E-state index in [1.165, 1.54) is 12.8 Å². The third kappa shape index (κ3) is 5.01. The molecule has 0 radical (unpaired) electrons. The highest BCUT2D eigenvalue weighted by Crippen LogP contribution is 2.34. The summed E-state index contributed by atoms with van der Waals surface area (Å²) in [6.45, 7) is 3.57. The van der Waals surface area contributed by atoms with Gasteiger partial charge in [0.2, 0.25) is 11.8 Å². The Morgan fingerprint density at radius 2 is 1.78 bits per heavy atom. The molecular weight excluding hydrogens is 342 g/mol. The van der Waals surface area contributed by atoms with Crippen molar-refractivity contribution in [1.29, 1.82) is 0 Å². The minimum Gasteiger partial charge on any atom is -0.497 e. The predicted molar refractivity (Wildman–Crippen MR) is 105 cm³/mol. The monoisotopic (exact) mass is 373 g/mol. The standard InChI is InChI=1S/C21H31N3O3/c1-16(25)23-21(17-7-9-19(27-2)10-8-17)11-13-24(14-12-21)15-20(26)22-18-5-3-4-6-18/h7-10,18H,3-6,11-15H2,1-2H3,(H,22,26)(H,23,25). The largest absolute Gasteiger partial charge is 0.497 e. The van der Waals surface area contributed by atoms with Crippen molar-refractivity contribution >= 4 is 11.8 Å². The molecule has 2 fully saturated rings. The Labute approximate surface area is 161 Å². The van der Waals surface area contributed by atoms with Crippen LogP contribution in [0.2, 0.25) is 0 Å². The molecule has 148 valence electrons. The average Bonchev–Trinajstić information content (AvgIpc) is 3.16. The number of piperidine rings is 1. The topological polar surface area (TPSA) is 70.7 Å². The maximum Gasteiger partial charge on any atom is 0.234 e. The summed E-state index contributed by atoms with van der Waals surface area (Å²) in [7, 11) is 1.65. The van der Waals surface area contributed by atoms with Gasteiger partial charge in [0.05, 0.1) is 19.2 Å². The Balaban J connectivity index is 1.61. The fraction of sp³-hybridized carbons (Fsp3) is 0.619. The summed E-state index contributed by atoms with van der Waals surface area (Å²) in [4.78, 5) is 26.4. The molecule has 3 rings (SSSR count). The first-order valence-corrected chi connectivity index (χ1v) is 9.96. The minimum atomic E-state index is -0.378. The Hall–Kier alpha value is -2.08. The van der Waals surface area contributed by atoms with Gasteiger partial charge in [-0.1, -0.05) is 25.0 Å². The highest BCUT2D eigenvalue weighted by molar-refractivity contribution is 5.78. The lowest BCUT2D eigenvalue weighted by Crippen LogP contribution is -2.54. The molecule has 1 aliphatic carbocycles. The maximum absolute atomic E-state index is 12.3. The van der Waals surface area contributed by atoms with Crippen LogP contribution in [0.3, 0.4) is 0 Å². The molecule has 6 heteroatoms. The summed E-state index contributed by atoms with van der Waals surface area (Å²) in [6.07, 6.45) is 6.22. The molecule has 0 spiro atoms. The third-order valence-corrected chi connectivity index (χ3v) is 5.86. The van der Waals surface area contributed by atoms with E-state index in [1.54, 1.807) is 14.0 Å². The summed E-state index contributed by atoms with van der Waals surface area (Å²) in [5.41, 5.74) is 0.713. The van der Waals surface area contributed by atoms with Gasteiger partial charge in [-0.25, -0.2) is 0 Å². The van der Waals surface area contributed by atoms with E-state index in [-0.39, 0.29) is 17.4 Å². The molecule has 2 amide bonds. The number of amides is 2. The molecule has 0 atom stereocenters. The molecule has 1 aromatic carbocycles. The quantitative estimate of drug-likeness (QED) is 0.802. The highest BCUT2D eigenvalue weighted by atomic mass is 16.5. The van der Waals surface area contributed by atoms with Crippen LogP contribution in [0.1, 0.15) is 51.0 Å². The number of hydrogen-bond acceptors (Lipinski definition) is 4. The van der Waals surface area contributed by atoms with E-state index < -0.39 is 0 Å². The van der Waals surface area contributed by atoms with Gasteiger partial charge >= 0.3 is 0 Å². The molecule has 1 aliphatic heterocycles. The Morgan fingerprint density at radius 1 is 1.15 bits per heavy atom. The van der Waals surface area contributed by atoms with Gasteiger partial charge in [-0.2, -0.15) is 0 Å². The second-order valence-corrected chi connectivity index (χ2v) is 7.82. The van der Waals surface area contributed by atoms with Gasteiger partial charge in [0, 0.05) is 26.1 Å². The maximum atomic E-state index is 12.3. The number of carbonyl (C=O) groups is 2. The SMILES string of the molecule is COc1ccc(C2(NC(C)=O)CCN(CC(=O)NC3CCCC3)CC2)cc1. The fourth-order valence-corrected chi connectivity index (χ4v) is 4.37. The molecule has 0 bridgehead atoms. The number of nitrogens with zero attached hydrogens (tertiary/aromatic N) is 1. The molecular formula is C21H31N3O3. The number of methoxy groups -OCH3 is 1. The van der Waals surface area contributed by atoms with Crippen molar-refractivity contribution in [2.45, 2.75) is 57.0 Å². The molecule has 1 saturated heterocycles. The first-order chi connectivity index (χ1) is 13.0. The van der Waals surface area contributed by atoms with Gasteiger partial charge in [0.15, 0.2) is 0 Å². The Bertz CT molecular complexity index is 645. The van der Waals surface area contributed by atoms with Crippen LogP contribution in [-0.2, 0) is 15.1 Å². The molecule has 2 aliphatic rings. The molecule has 1 saturated carbocycles. The number of ether oxygens (including phenoxy) is 1. The van der Waals surface area contributed by atoms with E-state index in [0.29, 0.717) is 12.6 Å². The summed E-state index contributed by atoms with van der Waals surface area (Å²) >= 11 is 0. The van der Waals surface area contributed by atoms with Crippen LogP contribution in [0.4, 0.5) is 0 Å². The Kier molecular flexibility index (Phi) is 6.37. The van der Waals surface area contributed by atoms with Gasteiger partial charge in [0.25, 0.3) is 0 Å². The fourth-order valence-electron chi connectivity index (χ4n) is 4.37. The zero-order valence-corrected chi connectivity index (χ0v) is 16.4. The number of likely N-dealkylation sites (tertiary alicyclic amines) is 1. The van der Waals surface area contributed by atoms with Gasteiger partial charge in [-0.15, -0.1) is 0 Å². The molecule has 0 unspecified atom stereocenters. The van der Waals surface area contributed by atoms with Crippen LogP contribution in [0, 0.1) is 0 Å². The summed E-state index contributed by atoms with van der Waals surface area (Å²) in [5.74, 6) is 0.898. The van der Waals surface area contributed by atoms with Crippen molar-refractivity contribution in [1.82, 2.24) is 15.5 Å². The second kappa shape index (κ2) is 8.74. The van der Waals surface area contributed by atoms with Crippen LogP contribution in [0.5, 0.6) is 5.75 Å². The first-order valence-electron chi connectivity index (χ1n) is 9.96. The third-order valence-electron chi connectivity index (χ3n) is 5.86. The zero-order chi connectivity index (χ0) is 19.3. The lowest BCUT2D eigenvalue weighted by Gasteiger charge is -2.42. The average molecular weight is 373 g/mol. The van der Waals surface area contributed by atoms with Crippen LogP contribution < -0.4 is 15.4 Å². The normalized spacial score (nSPS) is 20.2. The summed E-state index contributed by atoms with van der Waals surface area (Å²) in [5, 5.41) is 6.33. The van der Waals surface area contributed by atoms with E-state index in [1.807, 2.05) is 24.3 Å². The van der Waals surface area contributed by atoms with Crippen molar-refractivity contribution in [3.05, 3.63) is 29.8 Å². The van der Waals surface area contributed by atoms with Crippen molar-refractivity contribution in [3.8, 4) is 5.75 Å². The van der Waals surface area contributed by atoms with Gasteiger partial charge in [-0.05, 0) is 43.4 Å². The summed E-state index contributed by atoms with van der Waals surface area (Å²) in [6, 6.07) is 8.27. The smallest absolute Gasteiger partial charge is 0.234 e. The second-order valence-electron chi connectivity index (χ2n) is 7.82. The van der Waals surface area contributed by atoms with E-state index in [9.17, 15) is 9.59 Å². The van der Waals surface area contributed by atoms with E-state index in [2.05, 4.69) is 15.5 Å². The number of carbonyl (C=O) groups excluding carboxylic acids is 2. The van der Waals surface area contributed by atoms with Gasteiger partial charge in [0.1, 0.15) is 5.75 Å². The lowest BCUT2D eigenvalue weighted by molar-refractivity contribution is -0.125. The van der Waals surface area contributed by atoms with Crippen molar-refractivity contribution in [2.75, 3.05) is 26.7 Å². The highest BCUT2D eigenvalue weighted by Gasteiger charge is 2.37. The predicted octanol–water partition coefficient (Wildman–Crippen LogP) is 2.18. The van der Waals surface area contributed by atoms with Crippen LogP contribution in [0.15, 0.2) is 24.3 Å². The first kappa shape index (κ1) is 19.7. The van der Waals surface area contributed by atoms with Gasteiger partial charge < -0.3 is 15.4 Å². The van der Waals surface area contributed by atoms with Crippen LogP contribution in [0.25, 0.3) is 0 Å². The Morgan fingerprint density at radius 3 is 2.33 bits per heavy atom. The van der Waals surface area contributed by atoms with Crippen molar-refractivity contribution in [3.63, 3.8) is 0 Å². The van der Waals surface area contributed by atoms with Gasteiger partial charge in [-0.3, -0.25) is 14.5 Å². The molecule has 2 N–H and O–H groups in total. The van der Waals surface area contributed by atoms with Crippen LogP contribution >= 0.6 is 0 Å². The number of benzene rings is 1. The molecule has 1 heterocycles. The number of rotatable bonds is 6. The van der Waals surface area contributed by atoms with E-state index in [4.69, 9.17) is 4.74 Å². The summed E-state index contributed by atoms with van der Waals surface area (Å²) < 4.78 is 5.25.